The molecule has 0 unspecified atom stereocenters. The zero-order valence-electron chi connectivity index (χ0n) is 14.0. The Morgan fingerprint density at radius 3 is 2.67 bits per heavy atom. The molecule has 0 atom stereocenters. The first kappa shape index (κ1) is 14.6. The number of thiazole rings is 1. The first-order chi connectivity index (χ1) is 13.3. The standard InChI is InChI=1S/C21H12N4OS/c1-2-4-19-15(3-1)25-21(27-19)13-6-8-18-17(10-13)24-20(26-18)12-5-7-14-16(9-12)23-11-22-14/h1-11H,(H,22,23). The van der Waals surface area contributed by atoms with E-state index in [1.807, 2.05) is 54.6 Å². The van der Waals surface area contributed by atoms with Gasteiger partial charge in [-0.3, -0.25) is 0 Å². The van der Waals surface area contributed by atoms with Gasteiger partial charge in [-0.2, -0.15) is 0 Å². The zero-order chi connectivity index (χ0) is 17.8. The van der Waals surface area contributed by atoms with E-state index >= 15 is 0 Å². The van der Waals surface area contributed by atoms with E-state index in [1.54, 1.807) is 17.7 Å². The van der Waals surface area contributed by atoms with Gasteiger partial charge in [-0.25, -0.2) is 15.0 Å². The molecule has 6 aromatic rings. The lowest BCUT2D eigenvalue weighted by atomic mass is 10.2. The summed E-state index contributed by atoms with van der Waals surface area (Å²) in [5.41, 5.74) is 6.45. The van der Waals surface area contributed by atoms with Crippen molar-refractivity contribution < 1.29 is 4.42 Å². The van der Waals surface area contributed by atoms with Crippen molar-refractivity contribution in [2.45, 2.75) is 0 Å². The van der Waals surface area contributed by atoms with Crippen molar-refractivity contribution in [2.24, 2.45) is 0 Å². The van der Waals surface area contributed by atoms with E-state index in [0.717, 1.165) is 43.8 Å². The molecule has 27 heavy (non-hydrogen) atoms. The number of hydrogen-bond donors (Lipinski definition) is 1. The molecule has 0 fully saturated rings. The van der Waals surface area contributed by atoms with E-state index in [1.165, 1.54) is 4.70 Å². The first-order valence-corrected chi connectivity index (χ1v) is 9.35. The van der Waals surface area contributed by atoms with Crippen LogP contribution in [0.25, 0.3) is 54.4 Å². The fourth-order valence-corrected chi connectivity index (χ4v) is 4.21. The minimum Gasteiger partial charge on any atom is -0.436 e. The lowest BCUT2D eigenvalue weighted by Gasteiger charge is -1.94. The predicted molar refractivity (Wildman–Crippen MR) is 108 cm³/mol. The van der Waals surface area contributed by atoms with Crippen LogP contribution in [-0.4, -0.2) is 19.9 Å². The van der Waals surface area contributed by atoms with Crippen molar-refractivity contribution in [2.75, 3.05) is 0 Å². The summed E-state index contributed by atoms with van der Waals surface area (Å²) in [4.78, 5) is 16.8. The molecule has 0 aliphatic rings. The van der Waals surface area contributed by atoms with Gasteiger partial charge in [0.2, 0.25) is 5.89 Å². The highest BCUT2D eigenvalue weighted by Gasteiger charge is 2.12. The molecule has 0 aliphatic heterocycles. The van der Waals surface area contributed by atoms with Crippen LogP contribution in [0.1, 0.15) is 0 Å². The highest BCUT2D eigenvalue weighted by atomic mass is 32.1. The summed E-state index contributed by atoms with van der Waals surface area (Å²) in [5, 5.41) is 0.987. The van der Waals surface area contributed by atoms with Crippen LogP contribution in [0.3, 0.4) is 0 Å². The summed E-state index contributed by atoms with van der Waals surface area (Å²) in [6.07, 6.45) is 1.69. The van der Waals surface area contributed by atoms with Crippen LogP contribution in [0.2, 0.25) is 0 Å². The largest absolute Gasteiger partial charge is 0.436 e. The second-order valence-electron chi connectivity index (χ2n) is 6.32. The Bertz CT molecular complexity index is 1410. The molecule has 0 saturated heterocycles. The van der Waals surface area contributed by atoms with Crippen LogP contribution in [0.15, 0.2) is 71.4 Å². The predicted octanol–water partition coefficient (Wildman–Crippen LogP) is 5.65. The van der Waals surface area contributed by atoms with Gasteiger partial charge in [-0.05, 0) is 48.5 Å². The smallest absolute Gasteiger partial charge is 0.227 e. The molecule has 0 aliphatic carbocycles. The molecule has 0 bridgehead atoms. The monoisotopic (exact) mass is 368 g/mol. The van der Waals surface area contributed by atoms with Gasteiger partial charge in [0.1, 0.15) is 10.5 Å². The number of hydrogen-bond acceptors (Lipinski definition) is 5. The molecular weight excluding hydrogens is 356 g/mol. The number of imidazole rings is 1. The molecule has 3 aromatic carbocycles. The Kier molecular flexibility index (Phi) is 2.98. The van der Waals surface area contributed by atoms with Crippen LogP contribution < -0.4 is 0 Å². The number of nitrogens with zero attached hydrogens (tertiary/aromatic N) is 3. The van der Waals surface area contributed by atoms with Crippen molar-refractivity contribution >= 4 is 43.7 Å². The van der Waals surface area contributed by atoms with Crippen molar-refractivity contribution in [3.8, 4) is 22.0 Å². The summed E-state index contributed by atoms with van der Waals surface area (Å²) in [7, 11) is 0. The number of rotatable bonds is 2. The minimum absolute atomic E-state index is 0.594. The van der Waals surface area contributed by atoms with Crippen LogP contribution >= 0.6 is 11.3 Å². The number of aromatic nitrogens is 4. The lowest BCUT2D eigenvalue weighted by molar-refractivity contribution is 0.620. The maximum absolute atomic E-state index is 5.96. The molecular formula is C21H12N4OS. The van der Waals surface area contributed by atoms with Gasteiger partial charge in [0.25, 0.3) is 0 Å². The average Bonchev–Trinajstić information content (AvgIpc) is 3.42. The molecule has 3 aromatic heterocycles. The van der Waals surface area contributed by atoms with Crippen molar-refractivity contribution in [3.63, 3.8) is 0 Å². The summed E-state index contributed by atoms with van der Waals surface area (Å²) in [6.45, 7) is 0. The van der Waals surface area contributed by atoms with Gasteiger partial charge >= 0.3 is 0 Å². The normalized spacial score (nSPS) is 11.7. The molecule has 128 valence electrons. The number of aromatic amines is 1. The number of benzene rings is 3. The Morgan fingerprint density at radius 2 is 1.70 bits per heavy atom. The highest BCUT2D eigenvalue weighted by Crippen LogP contribution is 2.33. The number of oxazole rings is 1. The van der Waals surface area contributed by atoms with Crippen molar-refractivity contribution in [3.05, 3.63) is 67.0 Å². The maximum Gasteiger partial charge on any atom is 0.227 e. The second kappa shape index (κ2) is 5.49. The fraction of sp³-hybridized carbons (Fsp3) is 0. The van der Waals surface area contributed by atoms with Gasteiger partial charge < -0.3 is 9.40 Å². The zero-order valence-corrected chi connectivity index (χ0v) is 14.8. The number of fused-ring (bicyclic) bond motifs is 3. The Labute approximate surface area is 157 Å². The number of para-hydroxylation sites is 1. The van der Waals surface area contributed by atoms with E-state index in [0.29, 0.717) is 5.89 Å². The topological polar surface area (TPSA) is 67.6 Å². The number of nitrogens with one attached hydrogen (secondary N) is 1. The molecule has 1 N–H and O–H groups in total. The van der Waals surface area contributed by atoms with E-state index in [-0.39, 0.29) is 0 Å². The molecule has 5 nitrogen and oxygen atoms in total. The quantitative estimate of drug-likeness (QED) is 0.429. The molecule has 3 heterocycles. The number of H-pyrrole nitrogens is 1. The summed E-state index contributed by atoms with van der Waals surface area (Å²) in [6, 6.07) is 20.1. The van der Waals surface area contributed by atoms with E-state index in [4.69, 9.17) is 9.40 Å². The maximum atomic E-state index is 5.96. The van der Waals surface area contributed by atoms with Crippen LogP contribution in [-0.2, 0) is 0 Å². The van der Waals surface area contributed by atoms with E-state index < -0.39 is 0 Å². The fourth-order valence-electron chi connectivity index (χ4n) is 3.24. The third kappa shape index (κ3) is 2.34. The SMILES string of the molecule is c1ccc2sc(-c3ccc4oc(-c5ccc6[nH]cnc6c5)nc4c3)nc2c1. The van der Waals surface area contributed by atoms with Crippen molar-refractivity contribution in [1.29, 1.82) is 0 Å². The van der Waals surface area contributed by atoms with E-state index in [9.17, 15) is 0 Å². The molecule has 0 amide bonds. The molecule has 0 spiro atoms. The van der Waals surface area contributed by atoms with Gasteiger partial charge in [0, 0.05) is 11.1 Å². The van der Waals surface area contributed by atoms with Crippen LogP contribution in [0.5, 0.6) is 0 Å². The van der Waals surface area contributed by atoms with Gasteiger partial charge in [0.05, 0.1) is 27.6 Å². The van der Waals surface area contributed by atoms with Crippen LogP contribution in [0, 0.1) is 0 Å². The third-order valence-corrected chi connectivity index (χ3v) is 5.68. The first-order valence-electron chi connectivity index (χ1n) is 8.53. The van der Waals surface area contributed by atoms with Crippen molar-refractivity contribution in [1.82, 2.24) is 19.9 Å². The average molecular weight is 368 g/mol. The molecule has 0 radical (unpaired) electrons. The third-order valence-electron chi connectivity index (χ3n) is 4.60. The van der Waals surface area contributed by atoms with Crippen LogP contribution in [0.4, 0.5) is 0 Å². The molecule has 0 saturated carbocycles. The Morgan fingerprint density at radius 1 is 0.815 bits per heavy atom. The van der Waals surface area contributed by atoms with Gasteiger partial charge in [0.15, 0.2) is 5.58 Å². The van der Waals surface area contributed by atoms with Gasteiger partial charge in [-0.1, -0.05) is 12.1 Å². The van der Waals surface area contributed by atoms with E-state index in [2.05, 4.69) is 21.0 Å². The Balaban J connectivity index is 1.46. The highest BCUT2D eigenvalue weighted by molar-refractivity contribution is 7.21. The minimum atomic E-state index is 0.594. The summed E-state index contributed by atoms with van der Waals surface area (Å²) >= 11 is 1.68. The lowest BCUT2D eigenvalue weighted by Crippen LogP contribution is -1.78. The molecule has 6 heteroatoms. The Hall–Kier alpha value is -3.51. The summed E-state index contributed by atoms with van der Waals surface area (Å²) < 4.78 is 7.14. The second-order valence-corrected chi connectivity index (χ2v) is 7.35. The van der Waals surface area contributed by atoms with Gasteiger partial charge in [-0.15, -0.1) is 11.3 Å². The summed E-state index contributed by atoms with van der Waals surface area (Å²) in [5.74, 6) is 0.594. The molecule has 6 rings (SSSR count).